The summed E-state index contributed by atoms with van der Waals surface area (Å²) in [5.74, 6) is 1.79. The fourth-order valence-electron chi connectivity index (χ4n) is 1.55. The Labute approximate surface area is 103 Å². The average Bonchev–Trinajstić information content (AvgIpc) is 2.27. The molecule has 1 N–H and O–H groups in total. The Bertz CT molecular complexity index is 323. The van der Waals surface area contributed by atoms with Crippen LogP contribution in [0.3, 0.4) is 0 Å². The molecule has 1 aromatic heterocycles. The summed E-state index contributed by atoms with van der Waals surface area (Å²) in [6.45, 7) is 7.37. The molecule has 1 heterocycles. The molecule has 0 radical (unpaired) electrons. The van der Waals surface area contributed by atoms with Gasteiger partial charge in [-0.05, 0) is 13.8 Å². The third kappa shape index (κ3) is 5.10. The molecule has 0 bridgehead atoms. The van der Waals surface area contributed by atoms with E-state index in [9.17, 15) is 0 Å². The maximum Gasteiger partial charge on any atom is 0.132 e. The molecule has 0 saturated carbocycles. The van der Waals surface area contributed by atoms with E-state index >= 15 is 0 Å². The molecule has 0 fully saturated rings. The standard InChI is InChI=1S/C12H22N4O/c1-10-9-12(15-11(2)14-10)16(3)7-5-13-6-8-17-4/h9,13H,5-8H2,1-4H3. The van der Waals surface area contributed by atoms with Crippen molar-refractivity contribution < 1.29 is 4.74 Å². The lowest BCUT2D eigenvalue weighted by Crippen LogP contribution is -2.31. The molecule has 1 rings (SSSR count). The minimum absolute atomic E-state index is 0.745. The summed E-state index contributed by atoms with van der Waals surface area (Å²) < 4.78 is 4.97. The van der Waals surface area contributed by atoms with E-state index in [2.05, 4.69) is 20.2 Å². The first kappa shape index (κ1) is 13.9. The van der Waals surface area contributed by atoms with E-state index in [-0.39, 0.29) is 0 Å². The van der Waals surface area contributed by atoms with E-state index in [4.69, 9.17) is 4.74 Å². The van der Waals surface area contributed by atoms with Crippen molar-refractivity contribution in [1.29, 1.82) is 0 Å². The highest BCUT2D eigenvalue weighted by Gasteiger charge is 2.04. The second-order valence-corrected chi connectivity index (χ2v) is 4.08. The molecule has 0 aliphatic heterocycles. The number of anilines is 1. The van der Waals surface area contributed by atoms with Crippen molar-refractivity contribution >= 4 is 5.82 Å². The number of nitrogens with one attached hydrogen (secondary N) is 1. The highest BCUT2D eigenvalue weighted by atomic mass is 16.5. The molecule has 0 aliphatic carbocycles. The summed E-state index contributed by atoms with van der Waals surface area (Å²) in [5, 5.41) is 3.31. The topological polar surface area (TPSA) is 50.3 Å². The molecular weight excluding hydrogens is 216 g/mol. The second-order valence-electron chi connectivity index (χ2n) is 4.08. The summed E-state index contributed by atoms with van der Waals surface area (Å²) in [6.07, 6.45) is 0. The Morgan fingerprint density at radius 3 is 2.71 bits per heavy atom. The Kier molecular flexibility index (Phi) is 5.86. The van der Waals surface area contributed by atoms with Crippen molar-refractivity contribution in [1.82, 2.24) is 15.3 Å². The maximum atomic E-state index is 4.97. The molecule has 0 saturated heterocycles. The summed E-state index contributed by atoms with van der Waals surface area (Å²) in [7, 11) is 3.75. The fraction of sp³-hybridized carbons (Fsp3) is 0.667. The number of ether oxygens (including phenoxy) is 1. The number of hydrogen-bond acceptors (Lipinski definition) is 5. The molecule has 0 atom stereocenters. The smallest absolute Gasteiger partial charge is 0.132 e. The Morgan fingerprint density at radius 1 is 1.29 bits per heavy atom. The van der Waals surface area contributed by atoms with Crippen molar-refractivity contribution in [2.45, 2.75) is 13.8 Å². The Balaban J connectivity index is 2.38. The van der Waals surface area contributed by atoms with E-state index < -0.39 is 0 Å². The number of likely N-dealkylation sites (N-methyl/N-ethyl adjacent to an activating group) is 1. The first-order valence-corrected chi connectivity index (χ1v) is 5.86. The van der Waals surface area contributed by atoms with Crippen LogP contribution in [0.2, 0.25) is 0 Å². The zero-order valence-corrected chi connectivity index (χ0v) is 11.2. The van der Waals surface area contributed by atoms with Crippen LogP contribution in [0.1, 0.15) is 11.5 Å². The van der Waals surface area contributed by atoms with Crippen LogP contribution in [0, 0.1) is 13.8 Å². The van der Waals surface area contributed by atoms with Crippen LogP contribution in [0.15, 0.2) is 6.07 Å². The lowest BCUT2D eigenvalue weighted by Gasteiger charge is -2.19. The third-order valence-corrected chi connectivity index (χ3v) is 2.45. The van der Waals surface area contributed by atoms with Crippen LogP contribution in [0.5, 0.6) is 0 Å². The third-order valence-electron chi connectivity index (χ3n) is 2.45. The lowest BCUT2D eigenvalue weighted by atomic mass is 10.4. The summed E-state index contributed by atoms with van der Waals surface area (Å²) in [6, 6.07) is 2.00. The van der Waals surface area contributed by atoms with E-state index in [1.165, 1.54) is 0 Å². The number of methoxy groups -OCH3 is 1. The zero-order valence-electron chi connectivity index (χ0n) is 11.2. The molecule has 96 valence electrons. The summed E-state index contributed by atoms with van der Waals surface area (Å²) in [5.41, 5.74) is 1.01. The van der Waals surface area contributed by atoms with Gasteiger partial charge in [0.1, 0.15) is 11.6 Å². The van der Waals surface area contributed by atoms with Gasteiger partial charge >= 0.3 is 0 Å². The van der Waals surface area contributed by atoms with Gasteiger partial charge < -0.3 is 15.0 Å². The van der Waals surface area contributed by atoms with Crippen LogP contribution in [0.25, 0.3) is 0 Å². The minimum Gasteiger partial charge on any atom is -0.383 e. The average molecular weight is 238 g/mol. The van der Waals surface area contributed by atoms with E-state index in [1.807, 2.05) is 27.0 Å². The largest absolute Gasteiger partial charge is 0.383 e. The highest BCUT2D eigenvalue weighted by Crippen LogP contribution is 2.09. The number of aromatic nitrogens is 2. The molecule has 0 amide bonds. The van der Waals surface area contributed by atoms with Gasteiger partial charge in [-0.1, -0.05) is 0 Å². The molecule has 0 unspecified atom stereocenters. The van der Waals surface area contributed by atoms with Crippen LogP contribution < -0.4 is 10.2 Å². The van der Waals surface area contributed by atoms with Gasteiger partial charge in [-0.2, -0.15) is 0 Å². The van der Waals surface area contributed by atoms with Crippen LogP contribution in [0.4, 0.5) is 5.82 Å². The van der Waals surface area contributed by atoms with Crippen molar-refractivity contribution in [2.75, 3.05) is 45.3 Å². The van der Waals surface area contributed by atoms with E-state index in [0.29, 0.717) is 0 Å². The quantitative estimate of drug-likeness (QED) is 0.711. The predicted octanol–water partition coefficient (Wildman–Crippen LogP) is 0.766. The number of aryl methyl sites for hydroxylation is 2. The van der Waals surface area contributed by atoms with Crippen molar-refractivity contribution in [3.63, 3.8) is 0 Å². The highest BCUT2D eigenvalue weighted by molar-refractivity contribution is 5.38. The number of hydrogen-bond donors (Lipinski definition) is 1. The van der Waals surface area contributed by atoms with Gasteiger partial charge in [0.05, 0.1) is 6.61 Å². The van der Waals surface area contributed by atoms with Gasteiger partial charge in [0, 0.05) is 45.6 Å². The second kappa shape index (κ2) is 7.19. The van der Waals surface area contributed by atoms with Crippen LogP contribution in [-0.2, 0) is 4.74 Å². The normalized spacial score (nSPS) is 10.6. The lowest BCUT2D eigenvalue weighted by molar-refractivity contribution is 0.200. The van der Waals surface area contributed by atoms with Gasteiger partial charge in [-0.15, -0.1) is 0 Å². The van der Waals surface area contributed by atoms with E-state index in [0.717, 1.165) is 43.6 Å². The van der Waals surface area contributed by atoms with E-state index in [1.54, 1.807) is 7.11 Å². The molecule has 1 aromatic rings. The van der Waals surface area contributed by atoms with Crippen molar-refractivity contribution in [2.24, 2.45) is 0 Å². The van der Waals surface area contributed by atoms with Gasteiger partial charge in [0.25, 0.3) is 0 Å². The SMILES string of the molecule is COCCNCCN(C)c1cc(C)nc(C)n1. The number of nitrogens with zero attached hydrogens (tertiary/aromatic N) is 3. The van der Waals surface area contributed by atoms with Crippen LogP contribution in [-0.4, -0.2) is 50.4 Å². The first-order valence-electron chi connectivity index (χ1n) is 5.86. The number of rotatable bonds is 7. The summed E-state index contributed by atoms with van der Waals surface area (Å²) >= 11 is 0. The summed E-state index contributed by atoms with van der Waals surface area (Å²) in [4.78, 5) is 10.8. The molecule has 0 spiro atoms. The molecule has 5 heteroatoms. The predicted molar refractivity (Wildman–Crippen MR) is 69.5 cm³/mol. The molecule has 17 heavy (non-hydrogen) atoms. The monoisotopic (exact) mass is 238 g/mol. The maximum absolute atomic E-state index is 4.97. The van der Waals surface area contributed by atoms with Gasteiger partial charge in [0.15, 0.2) is 0 Å². The minimum atomic E-state index is 0.745. The Morgan fingerprint density at radius 2 is 2.06 bits per heavy atom. The molecule has 0 aliphatic rings. The first-order chi connectivity index (χ1) is 8.13. The van der Waals surface area contributed by atoms with Gasteiger partial charge in [-0.25, -0.2) is 9.97 Å². The van der Waals surface area contributed by atoms with Crippen LogP contribution >= 0.6 is 0 Å². The zero-order chi connectivity index (χ0) is 12.7. The molecule has 0 aromatic carbocycles. The fourth-order valence-corrected chi connectivity index (χ4v) is 1.55. The van der Waals surface area contributed by atoms with Gasteiger partial charge in [-0.3, -0.25) is 0 Å². The molecule has 5 nitrogen and oxygen atoms in total. The molecular formula is C12H22N4O. The Hall–Kier alpha value is -1.20. The van der Waals surface area contributed by atoms with Crippen molar-refractivity contribution in [3.05, 3.63) is 17.6 Å². The van der Waals surface area contributed by atoms with Gasteiger partial charge in [0.2, 0.25) is 0 Å². The van der Waals surface area contributed by atoms with Crippen molar-refractivity contribution in [3.8, 4) is 0 Å².